The molecule has 1 aromatic heterocycles. The summed E-state index contributed by atoms with van der Waals surface area (Å²) in [6.45, 7) is 3.55. The van der Waals surface area contributed by atoms with E-state index < -0.39 is 17.6 Å². The molecule has 0 aliphatic carbocycles. The number of amides is 2. The topological polar surface area (TPSA) is 112 Å². The summed E-state index contributed by atoms with van der Waals surface area (Å²) in [5, 5.41) is 5.13. The van der Waals surface area contributed by atoms with Gasteiger partial charge in [-0.1, -0.05) is 18.2 Å². The molecule has 2 amide bonds. The number of halogens is 2. The van der Waals surface area contributed by atoms with Gasteiger partial charge in [-0.3, -0.25) is 9.59 Å². The van der Waals surface area contributed by atoms with Crippen molar-refractivity contribution < 1.29 is 28.2 Å². The number of nitrogens with one attached hydrogen (secondary N) is 2. The van der Waals surface area contributed by atoms with Gasteiger partial charge in [0.05, 0.1) is 19.2 Å². The molecule has 9 nitrogen and oxygen atoms in total. The Morgan fingerprint density at radius 1 is 1.20 bits per heavy atom. The van der Waals surface area contributed by atoms with Crippen molar-refractivity contribution in [3.05, 3.63) is 53.2 Å². The maximum atomic E-state index is 13.4. The first kappa shape index (κ1) is 22.9. The summed E-state index contributed by atoms with van der Waals surface area (Å²) in [7, 11) is 2.74. The van der Waals surface area contributed by atoms with Crippen LogP contribution in [0.4, 0.5) is 4.39 Å². The van der Waals surface area contributed by atoms with Gasteiger partial charge in [0.25, 0.3) is 11.8 Å². The molecular weight excluding hydrogens is 419 g/mol. The van der Waals surface area contributed by atoms with Crippen LogP contribution < -0.4 is 24.8 Å². The van der Waals surface area contributed by atoms with Crippen LogP contribution in [-0.4, -0.2) is 49.2 Å². The lowest BCUT2D eigenvalue weighted by atomic mass is 10.2. The highest BCUT2D eigenvalue weighted by molar-refractivity contribution is 6.30. The smallest absolute Gasteiger partial charge is 0.262 e. The minimum absolute atomic E-state index is 0.0421. The van der Waals surface area contributed by atoms with Gasteiger partial charge in [0, 0.05) is 24.7 Å². The Balaban J connectivity index is 1.78. The number of benzene rings is 1. The first-order valence-electron chi connectivity index (χ1n) is 8.62. The predicted molar refractivity (Wildman–Crippen MR) is 106 cm³/mol. The Bertz CT molecular complexity index is 919. The molecule has 0 fully saturated rings. The standard InChI is InChI=1S/C19H20ClFN4O5/c1-11(25-15(26)9-30-12-4-5-13(20)14(21)8-12)6-7-22-17(27)16-18(28-2)23-10-24-19(16)29-3/h4-5,8,10H,1,6-7,9H2,2-3H3,(H,22,27)(H,25,26). The molecule has 2 rings (SSSR count). The number of rotatable bonds is 10. The summed E-state index contributed by atoms with van der Waals surface area (Å²) in [5.41, 5.74) is 0.412. The highest BCUT2D eigenvalue weighted by Crippen LogP contribution is 2.23. The molecular formula is C19H20ClFN4O5. The summed E-state index contributed by atoms with van der Waals surface area (Å²) in [6.07, 6.45) is 1.47. The Labute approximate surface area is 177 Å². The Hall–Kier alpha value is -3.40. The third-order valence-electron chi connectivity index (χ3n) is 3.68. The van der Waals surface area contributed by atoms with Crippen LogP contribution >= 0.6 is 11.6 Å². The van der Waals surface area contributed by atoms with Gasteiger partial charge >= 0.3 is 0 Å². The van der Waals surface area contributed by atoms with E-state index in [0.717, 1.165) is 6.07 Å². The molecule has 0 atom stereocenters. The molecule has 0 saturated carbocycles. The van der Waals surface area contributed by atoms with Gasteiger partial charge in [-0.2, -0.15) is 0 Å². The van der Waals surface area contributed by atoms with Crippen molar-refractivity contribution in [3.63, 3.8) is 0 Å². The van der Waals surface area contributed by atoms with E-state index in [-0.39, 0.29) is 47.7 Å². The first-order chi connectivity index (χ1) is 14.3. The second-order valence-electron chi connectivity index (χ2n) is 5.79. The van der Waals surface area contributed by atoms with E-state index in [1.165, 1.54) is 32.7 Å². The Kier molecular flexibility index (Phi) is 8.36. The van der Waals surface area contributed by atoms with Gasteiger partial charge < -0.3 is 24.8 Å². The van der Waals surface area contributed by atoms with Gasteiger partial charge in [-0.05, 0) is 12.1 Å². The molecule has 0 bridgehead atoms. The maximum Gasteiger partial charge on any atom is 0.262 e. The van der Waals surface area contributed by atoms with E-state index in [9.17, 15) is 14.0 Å². The number of methoxy groups -OCH3 is 2. The molecule has 2 N–H and O–H groups in total. The SMILES string of the molecule is C=C(CCNC(=O)c1c(OC)ncnc1OC)NC(=O)COc1ccc(Cl)c(F)c1. The summed E-state index contributed by atoms with van der Waals surface area (Å²) in [5.74, 6) is -1.33. The quantitative estimate of drug-likeness (QED) is 0.584. The van der Waals surface area contributed by atoms with Gasteiger partial charge in [0.2, 0.25) is 11.8 Å². The van der Waals surface area contributed by atoms with Crippen LogP contribution in [0.1, 0.15) is 16.8 Å². The van der Waals surface area contributed by atoms with E-state index >= 15 is 0 Å². The second kappa shape index (κ2) is 11.0. The zero-order chi connectivity index (χ0) is 22.1. The van der Waals surface area contributed by atoms with Crippen LogP contribution in [-0.2, 0) is 4.79 Å². The zero-order valence-electron chi connectivity index (χ0n) is 16.3. The largest absolute Gasteiger partial charge is 0.484 e. The van der Waals surface area contributed by atoms with Gasteiger partial charge in [-0.15, -0.1) is 0 Å². The first-order valence-corrected chi connectivity index (χ1v) is 9.00. The number of carbonyl (C=O) groups excluding carboxylic acids is 2. The van der Waals surface area contributed by atoms with Crippen LogP contribution in [0, 0.1) is 5.82 Å². The molecule has 0 aliphatic rings. The normalized spacial score (nSPS) is 10.1. The highest BCUT2D eigenvalue weighted by Gasteiger charge is 2.20. The van der Waals surface area contributed by atoms with Crippen LogP contribution in [0.15, 0.2) is 36.8 Å². The van der Waals surface area contributed by atoms with Gasteiger partial charge in [-0.25, -0.2) is 14.4 Å². The number of ether oxygens (including phenoxy) is 3. The molecule has 1 aromatic carbocycles. The molecule has 0 saturated heterocycles. The van der Waals surface area contributed by atoms with Crippen LogP contribution in [0.5, 0.6) is 17.5 Å². The molecule has 30 heavy (non-hydrogen) atoms. The number of hydrogen-bond acceptors (Lipinski definition) is 7. The predicted octanol–water partition coefficient (Wildman–Crippen LogP) is 2.12. The van der Waals surface area contributed by atoms with Crippen molar-refractivity contribution in [3.8, 4) is 17.5 Å². The van der Waals surface area contributed by atoms with E-state index in [0.29, 0.717) is 5.70 Å². The average Bonchev–Trinajstić information content (AvgIpc) is 2.73. The lowest BCUT2D eigenvalue weighted by Gasteiger charge is -2.12. The van der Waals surface area contributed by atoms with E-state index in [1.54, 1.807) is 0 Å². The third kappa shape index (κ3) is 6.31. The zero-order valence-corrected chi connectivity index (χ0v) is 17.1. The fourth-order valence-corrected chi connectivity index (χ4v) is 2.40. The lowest BCUT2D eigenvalue weighted by molar-refractivity contribution is -0.122. The summed E-state index contributed by atoms with van der Waals surface area (Å²) >= 11 is 5.58. The van der Waals surface area contributed by atoms with E-state index in [2.05, 4.69) is 27.2 Å². The van der Waals surface area contributed by atoms with Crippen molar-refractivity contribution in [2.75, 3.05) is 27.4 Å². The highest BCUT2D eigenvalue weighted by atomic mass is 35.5. The minimum Gasteiger partial charge on any atom is -0.484 e. The molecule has 2 aromatic rings. The number of aromatic nitrogens is 2. The van der Waals surface area contributed by atoms with Crippen molar-refractivity contribution in [1.82, 2.24) is 20.6 Å². The second-order valence-corrected chi connectivity index (χ2v) is 6.20. The average molecular weight is 439 g/mol. The van der Waals surface area contributed by atoms with Crippen molar-refractivity contribution in [2.24, 2.45) is 0 Å². The summed E-state index contributed by atoms with van der Waals surface area (Å²) in [6, 6.07) is 3.85. The van der Waals surface area contributed by atoms with E-state index in [4.69, 9.17) is 25.8 Å². The fourth-order valence-electron chi connectivity index (χ4n) is 2.28. The number of nitrogens with zero attached hydrogens (tertiary/aromatic N) is 2. The fraction of sp³-hybridized carbons (Fsp3) is 0.263. The van der Waals surface area contributed by atoms with Crippen molar-refractivity contribution >= 4 is 23.4 Å². The third-order valence-corrected chi connectivity index (χ3v) is 3.99. The van der Waals surface area contributed by atoms with Gasteiger partial charge in [0.15, 0.2) is 12.2 Å². The summed E-state index contributed by atoms with van der Waals surface area (Å²) < 4.78 is 28.7. The molecule has 160 valence electrons. The van der Waals surface area contributed by atoms with Crippen LogP contribution in [0.25, 0.3) is 0 Å². The molecule has 0 radical (unpaired) electrons. The minimum atomic E-state index is -0.646. The van der Waals surface area contributed by atoms with E-state index in [1.807, 2.05) is 0 Å². The van der Waals surface area contributed by atoms with Crippen molar-refractivity contribution in [2.45, 2.75) is 6.42 Å². The molecule has 0 aliphatic heterocycles. The maximum absolute atomic E-state index is 13.4. The number of carbonyl (C=O) groups is 2. The summed E-state index contributed by atoms with van der Waals surface area (Å²) in [4.78, 5) is 32.0. The lowest BCUT2D eigenvalue weighted by Crippen LogP contribution is -2.31. The van der Waals surface area contributed by atoms with Gasteiger partial charge in [0.1, 0.15) is 17.9 Å². The molecule has 0 unspecified atom stereocenters. The van der Waals surface area contributed by atoms with Crippen molar-refractivity contribution in [1.29, 1.82) is 0 Å². The Morgan fingerprint density at radius 3 is 2.47 bits per heavy atom. The monoisotopic (exact) mass is 438 g/mol. The van der Waals surface area contributed by atoms with Crippen LogP contribution in [0.2, 0.25) is 5.02 Å². The number of hydrogen-bond donors (Lipinski definition) is 2. The molecule has 11 heteroatoms. The Morgan fingerprint density at radius 2 is 1.87 bits per heavy atom. The molecule has 1 heterocycles. The molecule has 0 spiro atoms. The van der Waals surface area contributed by atoms with Crippen LogP contribution in [0.3, 0.4) is 0 Å².